The Morgan fingerprint density at radius 1 is 1.22 bits per heavy atom. The maximum Gasteiger partial charge on any atom is 0.257 e. The molecular formula is C14H13BrN2O. The van der Waals surface area contributed by atoms with Crippen LogP contribution in [0.4, 0.5) is 11.4 Å². The smallest absolute Gasteiger partial charge is 0.257 e. The van der Waals surface area contributed by atoms with E-state index in [1.165, 1.54) is 0 Å². The van der Waals surface area contributed by atoms with E-state index in [2.05, 4.69) is 21.2 Å². The van der Waals surface area contributed by atoms with E-state index >= 15 is 0 Å². The molecule has 1 amide bonds. The first-order valence-corrected chi connectivity index (χ1v) is 6.29. The average molecular weight is 305 g/mol. The van der Waals surface area contributed by atoms with Gasteiger partial charge < -0.3 is 11.1 Å². The van der Waals surface area contributed by atoms with Gasteiger partial charge in [0.05, 0.1) is 5.56 Å². The molecule has 0 saturated heterocycles. The molecule has 0 fully saturated rings. The number of nitrogen functional groups attached to an aromatic ring is 1. The summed E-state index contributed by atoms with van der Waals surface area (Å²) < 4.78 is 0.854. The number of hydrogen-bond donors (Lipinski definition) is 2. The molecule has 4 heteroatoms. The molecule has 3 N–H and O–H groups in total. The molecule has 0 bridgehead atoms. The standard InChI is InChI=1S/C14H13BrN2O/c1-9-4-2-3-5-13(9)17-14(18)11-7-6-10(15)8-12(11)16/h2-8H,16H2,1H3,(H,17,18). The number of para-hydroxylation sites is 1. The molecule has 92 valence electrons. The van der Waals surface area contributed by atoms with E-state index in [4.69, 9.17) is 5.73 Å². The lowest BCUT2D eigenvalue weighted by molar-refractivity contribution is 0.102. The van der Waals surface area contributed by atoms with Crippen molar-refractivity contribution in [3.05, 3.63) is 58.1 Å². The van der Waals surface area contributed by atoms with Crippen molar-refractivity contribution >= 4 is 33.2 Å². The minimum Gasteiger partial charge on any atom is -0.398 e. The highest BCUT2D eigenvalue weighted by atomic mass is 79.9. The van der Waals surface area contributed by atoms with Crippen LogP contribution in [0, 0.1) is 6.92 Å². The number of carbonyl (C=O) groups excluding carboxylic acids is 1. The van der Waals surface area contributed by atoms with Gasteiger partial charge in [0.2, 0.25) is 0 Å². The van der Waals surface area contributed by atoms with Crippen LogP contribution < -0.4 is 11.1 Å². The Morgan fingerprint density at radius 2 is 1.94 bits per heavy atom. The minimum absolute atomic E-state index is 0.200. The molecule has 18 heavy (non-hydrogen) atoms. The van der Waals surface area contributed by atoms with Crippen molar-refractivity contribution in [2.24, 2.45) is 0 Å². The van der Waals surface area contributed by atoms with Crippen LogP contribution in [0.15, 0.2) is 46.9 Å². The molecule has 0 aliphatic heterocycles. The van der Waals surface area contributed by atoms with Gasteiger partial charge in [-0.05, 0) is 36.8 Å². The average Bonchev–Trinajstić information content (AvgIpc) is 2.32. The second kappa shape index (κ2) is 5.23. The largest absolute Gasteiger partial charge is 0.398 e. The Balaban J connectivity index is 2.25. The van der Waals surface area contributed by atoms with Crippen molar-refractivity contribution in [2.45, 2.75) is 6.92 Å². The quantitative estimate of drug-likeness (QED) is 0.833. The van der Waals surface area contributed by atoms with Crippen LogP contribution in [0.3, 0.4) is 0 Å². The summed E-state index contributed by atoms with van der Waals surface area (Å²) in [6.07, 6.45) is 0. The number of aryl methyl sites for hydroxylation is 1. The topological polar surface area (TPSA) is 55.1 Å². The van der Waals surface area contributed by atoms with Crippen molar-refractivity contribution < 1.29 is 4.79 Å². The lowest BCUT2D eigenvalue weighted by Crippen LogP contribution is -2.14. The lowest BCUT2D eigenvalue weighted by atomic mass is 10.1. The number of nitrogens with one attached hydrogen (secondary N) is 1. The fraction of sp³-hybridized carbons (Fsp3) is 0.0714. The molecule has 0 atom stereocenters. The normalized spacial score (nSPS) is 10.1. The van der Waals surface area contributed by atoms with Crippen LogP contribution in [0.1, 0.15) is 15.9 Å². The van der Waals surface area contributed by atoms with E-state index < -0.39 is 0 Å². The van der Waals surface area contributed by atoms with E-state index in [1.807, 2.05) is 31.2 Å². The second-order valence-electron chi connectivity index (χ2n) is 4.00. The number of rotatable bonds is 2. The van der Waals surface area contributed by atoms with E-state index in [9.17, 15) is 4.79 Å². The molecule has 0 radical (unpaired) electrons. The summed E-state index contributed by atoms with van der Waals surface area (Å²) >= 11 is 3.31. The summed E-state index contributed by atoms with van der Waals surface area (Å²) in [4.78, 5) is 12.1. The van der Waals surface area contributed by atoms with Gasteiger partial charge in [0, 0.05) is 15.8 Å². The minimum atomic E-state index is -0.200. The molecular weight excluding hydrogens is 292 g/mol. The van der Waals surface area contributed by atoms with Crippen LogP contribution in [0.5, 0.6) is 0 Å². The fourth-order valence-corrected chi connectivity index (χ4v) is 2.02. The first-order valence-electron chi connectivity index (χ1n) is 5.50. The van der Waals surface area contributed by atoms with E-state index in [0.717, 1.165) is 15.7 Å². The Bertz CT molecular complexity index is 596. The van der Waals surface area contributed by atoms with Crippen molar-refractivity contribution in [2.75, 3.05) is 11.1 Å². The van der Waals surface area contributed by atoms with Crippen LogP contribution in [0.25, 0.3) is 0 Å². The van der Waals surface area contributed by atoms with Crippen molar-refractivity contribution in [1.29, 1.82) is 0 Å². The molecule has 2 aromatic rings. The van der Waals surface area contributed by atoms with E-state index in [0.29, 0.717) is 11.3 Å². The Labute approximate surface area is 114 Å². The highest BCUT2D eigenvalue weighted by Crippen LogP contribution is 2.21. The molecule has 0 aliphatic rings. The van der Waals surface area contributed by atoms with Crippen LogP contribution >= 0.6 is 15.9 Å². The molecule has 0 aromatic heterocycles. The lowest BCUT2D eigenvalue weighted by Gasteiger charge is -2.09. The summed E-state index contributed by atoms with van der Waals surface area (Å²) in [6.45, 7) is 1.94. The highest BCUT2D eigenvalue weighted by Gasteiger charge is 2.10. The zero-order valence-electron chi connectivity index (χ0n) is 9.91. The molecule has 0 heterocycles. The van der Waals surface area contributed by atoms with E-state index in [-0.39, 0.29) is 5.91 Å². The molecule has 3 nitrogen and oxygen atoms in total. The van der Waals surface area contributed by atoms with Crippen molar-refractivity contribution in [1.82, 2.24) is 0 Å². The molecule has 0 aliphatic carbocycles. The van der Waals surface area contributed by atoms with Crippen LogP contribution in [0.2, 0.25) is 0 Å². The third kappa shape index (κ3) is 2.71. The molecule has 2 aromatic carbocycles. The predicted octanol–water partition coefficient (Wildman–Crippen LogP) is 3.59. The molecule has 0 unspecified atom stereocenters. The van der Waals surface area contributed by atoms with Crippen LogP contribution in [-0.4, -0.2) is 5.91 Å². The van der Waals surface area contributed by atoms with Gasteiger partial charge in [-0.2, -0.15) is 0 Å². The summed E-state index contributed by atoms with van der Waals surface area (Å²) in [5.74, 6) is -0.200. The molecule has 2 rings (SSSR count). The predicted molar refractivity (Wildman–Crippen MR) is 77.7 cm³/mol. The summed E-state index contributed by atoms with van der Waals surface area (Å²) in [5.41, 5.74) is 8.56. The fourth-order valence-electron chi connectivity index (χ4n) is 1.64. The zero-order valence-corrected chi connectivity index (χ0v) is 11.5. The maximum atomic E-state index is 12.1. The monoisotopic (exact) mass is 304 g/mol. The van der Waals surface area contributed by atoms with Gasteiger partial charge in [0.1, 0.15) is 0 Å². The SMILES string of the molecule is Cc1ccccc1NC(=O)c1ccc(Br)cc1N. The van der Waals surface area contributed by atoms with Gasteiger partial charge in [0.15, 0.2) is 0 Å². The molecule has 0 saturated carbocycles. The number of carbonyl (C=O) groups is 1. The van der Waals surface area contributed by atoms with E-state index in [1.54, 1.807) is 18.2 Å². The first-order chi connectivity index (χ1) is 8.58. The number of hydrogen-bond acceptors (Lipinski definition) is 2. The Hall–Kier alpha value is -1.81. The Morgan fingerprint density at radius 3 is 2.61 bits per heavy atom. The van der Waals surface area contributed by atoms with Gasteiger partial charge in [-0.25, -0.2) is 0 Å². The number of anilines is 2. The third-order valence-corrected chi connectivity index (χ3v) is 3.14. The van der Waals surface area contributed by atoms with Crippen LogP contribution in [-0.2, 0) is 0 Å². The number of benzene rings is 2. The van der Waals surface area contributed by atoms with Crippen molar-refractivity contribution in [3.63, 3.8) is 0 Å². The maximum absolute atomic E-state index is 12.1. The second-order valence-corrected chi connectivity index (χ2v) is 4.92. The summed E-state index contributed by atoms with van der Waals surface area (Å²) in [5, 5.41) is 2.85. The highest BCUT2D eigenvalue weighted by molar-refractivity contribution is 9.10. The van der Waals surface area contributed by atoms with Gasteiger partial charge in [0.25, 0.3) is 5.91 Å². The van der Waals surface area contributed by atoms with Gasteiger partial charge in [-0.15, -0.1) is 0 Å². The third-order valence-electron chi connectivity index (χ3n) is 2.65. The first kappa shape index (κ1) is 12.6. The molecule has 0 spiro atoms. The van der Waals surface area contributed by atoms with Gasteiger partial charge in [-0.3, -0.25) is 4.79 Å². The van der Waals surface area contributed by atoms with Crippen molar-refractivity contribution in [3.8, 4) is 0 Å². The van der Waals surface area contributed by atoms with Gasteiger partial charge >= 0.3 is 0 Å². The number of halogens is 1. The summed E-state index contributed by atoms with van der Waals surface area (Å²) in [7, 11) is 0. The Kier molecular flexibility index (Phi) is 3.67. The van der Waals surface area contributed by atoms with Gasteiger partial charge in [-0.1, -0.05) is 34.1 Å². The zero-order chi connectivity index (χ0) is 13.1. The number of amides is 1. The number of nitrogens with two attached hydrogens (primary N) is 1. The summed E-state index contributed by atoms with van der Waals surface area (Å²) in [6, 6.07) is 12.8.